The highest BCUT2D eigenvalue weighted by Crippen LogP contribution is 2.39. The van der Waals surface area contributed by atoms with Crippen molar-refractivity contribution in [3.63, 3.8) is 0 Å². The lowest BCUT2D eigenvalue weighted by atomic mass is 10.1. The number of amides is 1. The Morgan fingerprint density at radius 3 is 2.96 bits per heavy atom. The van der Waals surface area contributed by atoms with Gasteiger partial charge < -0.3 is 26.0 Å². The number of nitrogens with zero attached hydrogens (tertiary/aromatic N) is 5. The number of halogens is 1. The van der Waals surface area contributed by atoms with Crippen molar-refractivity contribution in [3.8, 4) is 0 Å². The quantitative estimate of drug-likeness (QED) is 0.271. The molecule has 1 unspecified atom stereocenters. The zero-order chi connectivity index (χ0) is 17.9. The summed E-state index contributed by atoms with van der Waals surface area (Å²) in [6, 6.07) is 1.25. The third-order valence-electron chi connectivity index (χ3n) is 3.35. The number of aliphatic hydroxyl groups is 2. The minimum absolute atomic E-state index is 0.0208. The summed E-state index contributed by atoms with van der Waals surface area (Å²) in [5.74, 6) is -0.651. The maximum Gasteiger partial charge on any atom is 0.351 e. The van der Waals surface area contributed by atoms with Crippen molar-refractivity contribution in [2.75, 3.05) is 18.5 Å². The molecule has 1 aromatic heterocycles. The molecule has 0 bridgehead atoms. The molecule has 130 valence electrons. The Bertz CT molecular complexity index is 736. The van der Waals surface area contributed by atoms with Gasteiger partial charge >= 0.3 is 5.69 Å². The van der Waals surface area contributed by atoms with Crippen molar-refractivity contribution in [3.05, 3.63) is 33.2 Å². The first-order chi connectivity index (χ1) is 11.3. The van der Waals surface area contributed by atoms with E-state index in [4.69, 9.17) is 16.0 Å². The van der Waals surface area contributed by atoms with E-state index in [-0.39, 0.29) is 12.4 Å². The SMILES string of the molecule is [N-]=[N+]=N[C@]1(CO)O[C@@H](n2ccc(NCC(N)=O)nc2=O)[C@@H](F)C1O. The molecule has 1 aromatic rings. The molecule has 1 aliphatic rings. The largest absolute Gasteiger partial charge is 0.393 e. The maximum absolute atomic E-state index is 14.3. The van der Waals surface area contributed by atoms with E-state index in [2.05, 4.69) is 20.3 Å². The zero-order valence-electron chi connectivity index (χ0n) is 12.1. The summed E-state index contributed by atoms with van der Waals surface area (Å²) >= 11 is 0. The van der Waals surface area contributed by atoms with E-state index in [0.29, 0.717) is 4.57 Å². The second-order valence-corrected chi connectivity index (χ2v) is 4.91. The number of rotatable bonds is 6. The molecule has 5 N–H and O–H groups in total. The van der Waals surface area contributed by atoms with E-state index in [9.17, 15) is 24.2 Å². The van der Waals surface area contributed by atoms with E-state index in [1.807, 2.05) is 0 Å². The Morgan fingerprint density at radius 2 is 2.42 bits per heavy atom. The average Bonchev–Trinajstić information content (AvgIpc) is 2.79. The van der Waals surface area contributed by atoms with Gasteiger partial charge in [-0.15, -0.1) is 0 Å². The molecule has 2 heterocycles. The van der Waals surface area contributed by atoms with E-state index in [1.165, 1.54) is 6.07 Å². The van der Waals surface area contributed by atoms with Crippen LogP contribution in [0.15, 0.2) is 22.2 Å². The highest BCUT2D eigenvalue weighted by atomic mass is 19.1. The molecule has 0 radical (unpaired) electrons. The number of aliphatic hydroxyl groups excluding tert-OH is 2. The van der Waals surface area contributed by atoms with E-state index in [0.717, 1.165) is 6.20 Å². The molecule has 12 nitrogen and oxygen atoms in total. The minimum atomic E-state index is -2.25. The fourth-order valence-corrected chi connectivity index (χ4v) is 2.16. The standard InChI is InChI=1S/C11H14FN7O5/c12-7-8(22)11(4-20,17-18-14)24-9(7)19-2-1-6(16-10(19)23)15-3-5(13)21/h1-2,7-9,20,22H,3-4H2,(H2,13,21)(H,15,16,23)/t7-,8?,9+,11+/m0/s1. The van der Waals surface area contributed by atoms with Crippen LogP contribution >= 0.6 is 0 Å². The van der Waals surface area contributed by atoms with E-state index >= 15 is 0 Å². The number of primary amides is 1. The topological polar surface area (TPSA) is 188 Å². The summed E-state index contributed by atoms with van der Waals surface area (Å²) in [7, 11) is 0. The number of ether oxygens (including phenoxy) is 1. The number of carbonyl (C=O) groups is 1. The number of carbonyl (C=O) groups excluding carboxylic acids is 1. The number of aromatic nitrogens is 2. The first kappa shape index (κ1) is 17.6. The molecule has 0 spiro atoms. The first-order valence-corrected chi connectivity index (χ1v) is 6.63. The first-order valence-electron chi connectivity index (χ1n) is 6.63. The van der Waals surface area contributed by atoms with Crippen LogP contribution in [-0.4, -0.2) is 56.8 Å². The lowest BCUT2D eigenvalue weighted by Crippen LogP contribution is -2.43. The third-order valence-corrected chi connectivity index (χ3v) is 3.35. The van der Waals surface area contributed by atoms with Crippen molar-refractivity contribution < 1.29 is 24.1 Å². The Balaban J connectivity index is 2.30. The second kappa shape index (κ2) is 6.80. The zero-order valence-corrected chi connectivity index (χ0v) is 12.1. The van der Waals surface area contributed by atoms with Crippen LogP contribution in [0.1, 0.15) is 6.23 Å². The summed E-state index contributed by atoms with van der Waals surface area (Å²) in [5.41, 5.74) is 10.2. The molecule has 24 heavy (non-hydrogen) atoms. The molecule has 4 atom stereocenters. The molecule has 0 saturated carbocycles. The smallest absolute Gasteiger partial charge is 0.351 e. The Labute approximate surface area is 133 Å². The van der Waals surface area contributed by atoms with Gasteiger partial charge in [-0.25, -0.2) is 9.18 Å². The number of nitrogens with two attached hydrogens (primary N) is 1. The lowest BCUT2D eigenvalue weighted by molar-refractivity contribution is -0.124. The Kier molecular flexibility index (Phi) is 4.99. The van der Waals surface area contributed by atoms with Crippen LogP contribution in [0.2, 0.25) is 0 Å². The van der Waals surface area contributed by atoms with E-state index < -0.39 is 42.4 Å². The van der Waals surface area contributed by atoms with Crippen molar-refractivity contribution in [2.24, 2.45) is 10.8 Å². The summed E-state index contributed by atoms with van der Waals surface area (Å²) in [4.78, 5) is 28.6. The summed E-state index contributed by atoms with van der Waals surface area (Å²) in [5, 5.41) is 24.7. The predicted molar refractivity (Wildman–Crippen MR) is 76.2 cm³/mol. The fraction of sp³-hybridized carbons (Fsp3) is 0.545. The number of nitrogens with one attached hydrogen (secondary N) is 1. The van der Waals surface area contributed by atoms with Crippen LogP contribution < -0.4 is 16.7 Å². The highest BCUT2D eigenvalue weighted by molar-refractivity contribution is 5.78. The van der Waals surface area contributed by atoms with Gasteiger partial charge in [0.15, 0.2) is 12.4 Å². The highest BCUT2D eigenvalue weighted by Gasteiger charge is 2.56. The number of azide groups is 1. The van der Waals surface area contributed by atoms with Gasteiger partial charge in [0, 0.05) is 11.1 Å². The summed E-state index contributed by atoms with van der Waals surface area (Å²) in [6.45, 7) is -1.25. The number of anilines is 1. The van der Waals surface area contributed by atoms with Crippen molar-refractivity contribution >= 4 is 11.7 Å². The molecule has 1 aliphatic heterocycles. The Hall–Kier alpha value is -2.73. The average molecular weight is 343 g/mol. The van der Waals surface area contributed by atoms with E-state index in [1.54, 1.807) is 0 Å². The molecule has 0 aliphatic carbocycles. The van der Waals surface area contributed by atoms with Crippen molar-refractivity contribution in [2.45, 2.75) is 24.2 Å². The molecule has 2 rings (SSSR count). The van der Waals surface area contributed by atoms with Gasteiger partial charge in [-0.1, -0.05) is 5.11 Å². The van der Waals surface area contributed by atoms with Crippen molar-refractivity contribution in [1.82, 2.24) is 9.55 Å². The van der Waals surface area contributed by atoms with Gasteiger partial charge in [-0.05, 0) is 11.6 Å². The van der Waals surface area contributed by atoms with Crippen molar-refractivity contribution in [1.29, 1.82) is 0 Å². The second-order valence-electron chi connectivity index (χ2n) is 4.91. The van der Waals surface area contributed by atoms with Crippen LogP contribution in [0.25, 0.3) is 10.4 Å². The normalized spacial score (nSPS) is 29.0. The van der Waals surface area contributed by atoms with Crippen LogP contribution in [-0.2, 0) is 9.53 Å². The van der Waals surface area contributed by atoms with Gasteiger partial charge in [-0.3, -0.25) is 9.36 Å². The van der Waals surface area contributed by atoms with Gasteiger partial charge in [0.1, 0.15) is 11.9 Å². The molecule has 13 heteroatoms. The fourth-order valence-electron chi connectivity index (χ4n) is 2.16. The molecule has 0 aromatic carbocycles. The van der Waals surface area contributed by atoms with Gasteiger partial charge in [0.25, 0.3) is 0 Å². The maximum atomic E-state index is 14.3. The summed E-state index contributed by atoms with van der Waals surface area (Å²) < 4.78 is 20.1. The summed E-state index contributed by atoms with van der Waals surface area (Å²) in [6.07, 6.45) is -4.70. The van der Waals surface area contributed by atoms with Crippen LogP contribution in [0, 0.1) is 0 Å². The predicted octanol–water partition coefficient (Wildman–Crippen LogP) is -1.63. The Morgan fingerprint density at radius 1 is 1.71 bits per heavy atom. The number of hydrogen-bond donors (Lipinski definition) is 4. The lowest BCUT2D eigenvalue weighted by Gasteiger charge is -2.23. The van der Waals surface area contributed by atoms with Crippen LogP contribution in [0.3, 0.4) is 0 Å². The van der Waals surface area contributed by atoms with Crippen LogP contribution in [0.5, 0.6) is 0 Å². The number of alkyl halides is 1. The molecular formula is C11H14FN7O5. The van der Waals surface area contributed by atoms with Crippen LogP contribution in [0.4, 0.5) is 10.2 Å². The van der Waals surface area contributed by atoms with Gasteiger partial charge in [0.2, 0.25) is 11.6 Å². The monoisotopic (exact) mass is 343 g/mol. The van der Waals surface area contributed by atoms with Gasteiger partial charge in [-0.2, -0.15) is 4.98 Å². The molecular weight excluding hydrogens is 329 g/mol. The molecule has 1 saturated heterocycles. The number of hydrogen-bond acceptors (Lipinski definition) is 8. The van der Waals surface area contributed by atoms with Gasteiger partial charge in [0.05, 0.1) is 13.2 Å². The third kappa shape index (κ3) is 3.14. The molecule has 1 amide bonds. The minimum Gasteiger partial charge on any atom is -0.393 e. The molecule has 1 fully saturated rings.